The lowest BCUT2D eigenvalue weighted by molar-refractivity contribution is 0.0929. The van der Waals surface area contributed by atoms with Crippen LogP contribution in [0, 0.1) is 6.92 Å². The highest BCUT2D eigenvalue weighted by Crippen LogP contribution is 2.38. The van der Waals surface area contributed by atoms with Crippen molar-refractivity contribution in [2.75, 3.05) is 7.11 Å². The van der Waals surface area contributed by atoms with E-state index in [4.69, 9.17) is 4.74 Å². The number of methoxy groups -OCH3 is 1. The Labute approximate surface area is 104 Å². The fraction of sp³-hybridized carbons (Fsp3) is 0.417. The van der Waals surface area contributed by atoms with Crippen LogP contribution in [0.25, 0.3) is 0 Å². The fourth-order valence-corrected chi connectivity index (χ4v) is 3.09. The summed E-state index contributed by atoms with van der Waals surface area (Å²) in [5.74, 6) is 0.602. The van der Waals surface area contributed by atoms with E-state index in [1.54, 1.807) is 32.0 Å². The van der Waals surface area contributed by atoms with Crippen LogP contribution in [0.2, 0.25) is 0 Å². The summed E-state index contributed by atoms with van der Waals surface area (Å²) in [6, 6.07) is 2.00. The highest BCUT2D eigenvalue weighted by Gasteiger charge is 2.34. The average molecular weight is 252 g/mol. The Morgan fingerprint density at radius 3 is 2.76 bits per heavy atom. The largest absolute Gasteiger partial charge is 0.493 e. The maximum absolute atomic E-state index is 10.8. The van der Waals surface area contributed by atoms with Gasteiger partial charge in [-0.25, -0.2) is 0 Å². The minimum absolute atomic E-state index is 0.602. The molecular formula is C12H16N2O2S. The first kappa shape index (κ1) is 12.1. The molecule has 92 valence electrons. The minimum atomic E-state index is -1.09. The molecule has 0 aliphatic carbocycles. The van der Waals surface area contributed by atoms with E-state index in [2.05, 4.69) is 5.10 Å². The van der Waals surface area contributed by atoms with Crippen LogP contribution in [-0.4, -0.2) is 22.0 Å². The predicted octanol–water partition coefficient (Wildman–Crippen LogP) is 2.05. The van der Waals surface area contributed by atoms with Crippen molar-refractivity contribution >= 4 is 11.3 Å². The topological polar surface area (TPSA) is 47.3 Å². The second-order valence-electron chi connectivity index (χ2n) is 4.19. The van der Waals surface area contributed by atoms with Crippen molar-refractivity contribution in [3.8, 4) is 5.75 Å². The van der Waals surface area contributed by atoms with E-state index in [9.17, 15) is 5.11 Å². The molecule has 5 heteroatoms. The molecule has 2 rings (SSSR count). The van der Waals surface area contributed by atoms with Crippen molar-refractivity contribution in [3.63, 3.8) is 0 Å². The Morgan fingerprint density at radius 2 is 2.24 bits per heavy atom. The van der Waals surface area contributed by atoms with Gasteiger partial charge in [-0.3, -0.25) is 4.68 Å². The van der Waals surface area contributed by atoms with Gasteiger partial charge in [-0.15, -0.1) is 11.3 Å². The number of rotatable bonds is 3. The van der Waals surface area contributed by atoms with Gasteiger partial charge in [-0.1, -0.05) is 0 Å². The number of ether oxygens (including phenoxy) is 1. The highest BCUT2D eigenvalue weighted by molar-refractivity contribution is 7.10. The summed E-state index contributed by atoms with van der Waals surface area (Å²) in [6.07, 6.45) is 1.62. The lowest BCUT2D eigenvalue weighted by atomic mass is 9.97. The lowest BCUT2D eigenvalue weighted by Crippen LogP contribution is -2.26. The van der Waals surface area contributed by atoms with Gasteiger partial charge >= 0.3 is 0 Å². The van der Waals surface area contributed by atoms with Crippen LogP contribution in [0.15, 0.2) is 17.6 Å². The van der Waals surface area contributed by atoms with Crippen LogP contribution < -0.4 is 4.74 Å². The summed E-state index contributed by atoms with van der Waals surface area (Å²) in [7, 11) is 3.38. The molecule has 0 aliphatic heterocycles. The second-order valence-corrected chi connectivity index (χ2v) is 5.11. The van der Waals surface area contributed by atoms with Crippen molar-refractivity contribution in [2.45, 2.75) is 19.4 Å². The third-order valence-corrected chi connectivity index (χ3v) is 4.12. The van der Waals surface area contributed by atoms with Gasteiger partial charge in [0.05, 0.1) is 13.3 Å². The van der Waals surface area contributed by atoms with Crippen molar-refractivity contribution in [1.82, 2.24) is 9.78 Å². The second kappa shape index (κ2) is 4.16. The minimum Gasteiger partial charge on any atom is -0.493 e. The molecule has 1 unspecified atom stereocenters. The zero-order valence-corrected chi connectivity index (χ0v) is 11.2. The summed E-state index contributed by atoms with van der Waals surface area (Å²) in [6.45, 7) is 3.76. The van der Waals surface area contributed by atoms with E-state index < -0.39 is 5.60 Å². The molecule has 0 saturated carbocycles. The molecule has 17 heavy (non-hydrogen) atoms. The van der Waals surface area contributed by atoms with Gasteiger partial charge in [0.2, 0.25) is 0 Å². The van der Waals surface area contributed by atoms with Crippen molar-refractivity contribution in [3.05, 3.63) is 33.8 Å². The number of aromatic nitrogens is 2. The molecule has 0 radical (unpaired) electrons. The molecule has 0 aliphatic rings. The van der Waals surface area contributed by atoms with Crippen LogP contribution in [0.4, 0.5) is 0 Å². The van der Waals surface area contributed by atoms with E-state index in [0.717, 1.165) is 10.4 Å². The fourth-order valence-electron chi connectivity index (χ4n) is 2.10. The molecule has 0 bridgehead atoms. The Hall–Kier alpha value is -1.33. The Kier molecular flexibility index (Phi) is 2.97. The monoisotopic (exact) mass is 252 g/mol. The van der Waals surface area contributed by atoms with Crippen LogP contribution in [0.5, 0.6) is 5.75 Å². The Morgan fingerprint density at radius 1 is 1.53 bits per heavy atom. The number of hydrogen-bond donors (Lipinski definition) is 1. The summed E-state index contributed by atoms with van der Waals surface area (Å²) in [5, 5.41) is 16.9. The van der Waals surface area contributed by atoms with Crippen molar-refractivity contribution in [1.29, 1.82) is 0 Å². The number of nitrogens with zero attached hydrogens (tertiary/aromatic N) is 2. The Bertz CT molecular complexity index is 528. The van der Waals surface area contributed by atoms with Crippen molar-refractivity contribution < 1.29 is 9.84 Å². The molecule has 1 N–H and O–H groups in total. The molecule has 2 aromatic rings. The SMILES string of the molecule is COc1cnn(C)c1C(C)(O)c1sccc1C. The molecule has 0 amide bonds. The average Bonchev–Trinajstić information content (AvgIpc) is 2.84. The summed E-state index contributed by atoms with van der Waals surface area (Å²) < 4.78 is 6.90. The quantitative estimate of drug-likeness (QED) is 0.909. The van der Waals surface area contributed by atoms with E-state index >= 15 is 0 Å². The maximum Gasteiger partial charge on any atom is 0.163 e. The van der Waals surface area contributed by atoms with Crippen LogP contribution >= 0.6 is 11.3 Å². The third-order valence-electron chi connectivity index (χ3n) is 2.89. The first-order valence-corrected chi connectivity index (χ1v) is 6.20. The molecule has 0 aromatic carbocycles. The summed E-state index contributed by atoms with van der Waals surface area (Å²) in [5.41, 5.74) is 0.656. The zero-order chi connectivity index (χ0) is 12.6. The number of thiophene rings is 1. The molecule has 4 nitrogen and oxygen atoms in total. The maximum atomic E-state index is 10.8. The molecule has 0 saturated heterocycles. The van der Waals surface area contributed by atoms with Gasteiger partial charge in [-0.2, -0.15) is 5.10 Å². The van der Waals surface area contributed by atoms with Crippen LogP contribution in [0.1, 0.15) is 23.1 Å². The zero-order valence-electron chi connectivity index (χ0n) is 10.4. The van der Waals surface area contributed by atoms with Gasteiger partial charge in [0.1, 0.15) is 11.3 Å². The smallest absolute Gasteiger partial charge is 0.163 e. The number of aryl methyl sites for hydroxylation is 2. The Balaban J connectivity index is 2.58. The first-order chi connectivity index (χ1) is 7.98. The van der Waals surface area contributed by atoms with Crippen molar-refractivity contribution in [2.24, 2.45) is 7.05 Å². The number of hydrogen-bond acceptors (Lipinski definition) is 4. The molecule has 1 atom stereocenters. The molecule has 2 aromatic heterocycles. The predicted molar refractivity (Wildman–Crippen MR) is 67.5 cm³/mol. The van der Waals surface area contributed by atoms with Gasteiger partial charge in [0.25, 0.3) is 0 Å². The van der Waals surface area contributed by atoms with Gasteiger partial charge in [0.15, 0.2) is 5.75 Å². The van der Waals surface area contributed by atoms with Gasteiger partial charge in [-0.05, 0) is 30.9 Å². The van der Waals surface area contributed by atoms with E-state index in [1.165, 1.54) is 11.3 Å². The summed E-state index contributed by atoms with van der Waals surface area (Å²) >= 11 is 1.54. The normalized spacial score (nSPS) is 14.6. The van der Waals surface area contributed by atoms with Crippen LogP contribution in [-0.2, 0) is 12.6 Å². The van der Waals surface area contributed by atoms with Gasteiger partial charge in [0, 0.05) is 11.9 Å². The van der Waals surface area contributed by atoms with Gasteiger partial charge < -0.3 is 9.84 Å². The van der Waals surface area contributed by atoms with E-state index in [0.29, 0.717) is 11.4 Å². The summed E-state index contributed by atoms with van der Waals surface area (Å²) in [4.78, 5) is 0.916. The van der Waals surface area contributed by atoms with E-state index in [1.807, 2.05) is 18.4 Å². The number of aliphatic hydroxyl groups is 1. The molecular weight excluding hydrogens is 236 g/mol. The molecule has 0 spiro atoms. The standard InChI is InChI=1S/C12H16N2O2S/c1-8-5-6-17-11(8)12(2,15)10-9(16-4)7-13-14(10)3/h5-7,15H,1-4H3. The highest BCUT2D eigenvalue weighted by atomic mass is 32.1. The third kappa shape index (κ3) is 1.85. The van der Waals surface area contributed by atoms with Crippen LogP contribution in [0.3, 0.4) is 0 Å². The molecule has 0 fully saturated rings. The van der Waals surface area contributed by atoms with E-state index in [-0.39, 0.29) is 0 Å². The lowest BCUT2D eigenvalue weighted by Gasteiger charge is -2.24. The first-order valence-electron chi connectivity index (χ1n) is 5.32. The molecule has 2 heterocycles.